The fraction of sp³-hybridized carbons (Fsp3) is 0.417. The van der Waals surface area contributed by atoms with Crippen LogP contribution in [0.1, 0.15) is 44.6 Å². The zero-order chi connectivity index (χ0) is 23.3. The lowest BCUT2D eigenvalue weighted by Crippen LogP contribution is -2.46. The number of alkyl halides is 3. The standard InChI is InChI=1S/C24H25F3N2O3/c1-23(2,3)18-13-29(22(30)31)11-10-17(18)21-28-19-12-15(6-9-20(19)32-21)14-4-7-16(8-5-14)24(25,26)27/h4-9,12,17-18H,10-11,13H2,1-3H3,(H,30,31). The van der Waals surface area contributed by atoms with Crippen molar-refractivity contribution in [3.8, 4) is 11.1 Å². The molecule has 0 radical (unpaired) electrons. The van der Waals surface area contributed by atoms with Crippen LogP contribution in [0.2, 0.25) is 0 Å². The van der Waals surface area contributed by atoms with Gasteiger partial charge in [0.2, 0.25) is 0 Å². The first kappa shape index (κ1) is 22.2. The molecule has 4 rings (SSSR count). The highest BCUT2D eigenvalue weighted by Crippen LogP contribution is 2.43. The molecule has 1 aromatic heterocycles. The Morgan fingerprint density at radius 1 is 1.09 bits per heavy atom. The highest BCUT2D eigenvalue weighted by molar-refractivity contribution is 5.80. The summed E-state index contributed by atoms with van der Waals surface area (Å²) in [6, 6.07) is 10.4. The van der Waals surface area contributed by atoms with Gasteiger partial charge in [0.05, 0.1) is 5.56 Å². The van der Waals surface area contributed by atoms with Gasteiger partial charge in [-0.15, -0.1) is 0 Å². The van der Waals surface area contributed by atoms with Gasteiger partial charge < -0.3 is 14.4 Å². The lowest BCUT2D eigenvalue weighted by Gasteiger charge is -2.42. The first-order chi connectivity index (χ1) is 14.9. The van der Waals surface area contributed by atoms with Crippen molar-refractivity contribution in [2.45, 2.75) is 39.3 Å². The summed E-state index contributed by atoms with van der Waals surface area (Å²) < 4.78 is 44.6. The van der Waals surface area contributed by atoms with E-state index in [-0.39, 0.29) is 17.3 Å². The van der Waals surface area contributed by atoms with Gasteiger partial charge in [-0.25, -0.2) is 9.78 Å². The molecule has 2 unspecified atom stereocenters. The Balaban J connectivity index is 1.65. The molecule has 170 valence electrons. The number of carbonyl (C=O) groups is 1. The van der Waals surface area contributed by atoms with Gasteiger partial charge in [0.1, 0.15) is 5.52 Å². The van der Waals surface area contributed by atoms with Gasteiger partial charge in [-0.2, -0.15) is 13.2 Å². The molecule has 2 aromatic carbocycles. The molecule has 0 bridgehead atoms. The molecule has 2 atom stereocenters. The van der Waals surface area contributed by atoms with Gasteiger partial charge in [-0.1, -0.05) is 39.0 Å². The Hall–Kier alpha value is -3.03. The fourth-order valence-electron chi connectivity index (χ4n) is 4.43. The van der Waals surface area contributed by atoms with Crippen LogP contribution in [0.15, 0.2) is 46.9 Å². The van der Waals surface area contributed by atoms with Crippen molar-refractivity contribution in [2.75, 3.05) is 13.1 Å². The van der Waals surface area contributed by atoms with Crippen molar-refractivity contribution >= 4 is 17.2 Å². The van der Waals surface area contributed by atoms with Crippen molar-refractivity contribution in [3.05, 3.63) is 53.9 Å². The Labute approximate surface area is 183 Å². The van der Waals surface area contributed by atoms with Crippen LogP contribution in [0.4, 0.5) is 18.0 Å². The molecule has 1 aliphatic rings. The van der Waals surface area contributed by atoms with Crippen molar-refractivity contribution < 1.29 is 27.5 Å². The summed E-state index contributed by atoms with van der Waals surface area (Å²) >= 11 is 0. The molecule has 2 heterocycles. The maximum atomic E-state index is 12.8. The van der Waals surface area contributed by atoms with Crippen LogP contribution in [-0.4, -0.2) is 34.2 Å². The molecule has 1 N–H and O–H groups in total. The van der Waals surface area contributed by atoms with Crippen LogP contribution >= 0.6 is 0 Å². The quantitative estimate of drug-likeness (QED) is 0.479. The number of piperidine rings is 1. The molecule has 5 nitrogen and oxygen atoms in total. The van der Waals surface area contributed by atoms with E-state index in [0.29, 0.717) is 42.1 Å². The smallest absolute Gasteiger partial charge is 0.416 e. The normalized spacial score (nSPS) is 20.0. The number of halogens is 3. The predicted octanol–water partition coefficient (Wildman–Crippen LogP) is 6.64. The average molecular weight is 446 g/mol. The zero-order valence-corrected chi connectivity index (χ0v) is 18.1. The van der Waals surface area contributed by atoms with E-state index in [0.717, 1.165) is 17.7 Å². The second kappa shape index (κ2) is 7.83. The third kappa shape index (κ3) is 4.31. The second-order valence-corrected chi connectivity index (χ2v) is 9.41. The first-order valence-corrected chi connectivity index (χ1v) is 10.5. The minimum Gasteiger partial charge on any atom is -0.465 e. The van der Waals surface area contributed by atoms with E-state index in [1.807, 2.05) is 6.07 Å². The van der Waals surface area contributed by atoms with Gasteiger partial charge in [-0.05, 0) is 53.1 Å². The van der Waals surface area contributed by atoms with Gasteiger partial charge in [0.25, 0.3) is 0 Å². The monoisotopic (exact) mass is 446 g/mol. The summed E-state index contributed by atoms with van der Waals surface area (Å²) in [6.45, 7) is 7.09. The van der Waals surface area contributed by atoms with E-state index < -0.39 is 17.8 Å². The number of fused-ring (bicyclic) bond motifs is 1. The number of oxazole rings is 1. The Bertz CT molecular complexity index is 1130. The highest BCUT2D eigenvalue weighted by Gasteiger charge is 2.41. The topological polar surface area (TPSA) is 66.6 Å². The summed E-state index contributed by atoms with van der Waals surface area (Å²) in [4.78, 5) is 17.6. The number of rotatable bonds is 2. The summed E-state index contributed by atoms with van der Waals surface area (Å²) in [5, 5.41) is 9.42. The summed E-state index contributed by atoms with van der Waals surface area (Å²) in [5.74, 6) is 0.594. The molecule has 1 aliphatic heterocycles. The lowest BCUT2D eigenvalue weighted by atomic mass is 9.70. The van der Waals surface area contributed by atoms with Crippen molar-refractivity contribution in [1.29, 1.82) is 0 Å². The van der Waals surface area contributed by atoms with E-state index >= 15 is 0 Å². The fourth-order valence-corrected chi connectivity index (χ4v) is 4.43. The van der Waals surface area contributed by atoms with Gasteiger partial charge in [0.15, 0.2) is 11.5 Å². The number of hydrogen-bond acceptors (Lipinski definition) is 3. The van der Waals surface area contributed by atoms with Crippen molar-refractivity contribution in [1.82, 2.24) is 9.88 Å². The maximum absolute atomic E-state index is 12.8. The number of nitrogens with zero attached hydrogens (tertiary/aromatic N) is 2. The molecule has 1 amide bonds. The molecule has 1 fully saturated rings. The minimum atomic E-state index is -4.37. The molecule has 8 heteroatoms. The summed E-state index contributed by atoms with van der Waals surface area (Å²) in [5.41, 5.74) is 1.80. The molecule has 1 saturated heterocycles. The van der Waals surface area contributed by atoms with Crippen LogP contribution in [-0.2, 0) is 6.18 Å². The van der Waals surface area contributed by atoms with Crippen LogP contribution < -0.4 is 0 Å². The maximum Gasteiger partial charge on any atom is 0.416 e. The number of hydrogen-bond donors (Lipinski definition) is 1. The van der Waals surface area contributed by atoms with Crippen molar-refractivity contribution in [3.63, 3.8) is 0 Å². The third-order valence-corrected chi connectivity index (χ3v) is 6.26. The molecular formula is C24H25F3N2O3. The first-order valence-electron chi connectivity index (χ1n) is 10.5. The number of likely N-dealkylation sites (tertiary alicyclic amines) is 1. The van der Waals surface area contributed by atoms with Gasteiger partial charge >= 0.3 is 12.3 Å². The van der Waals surface area contributed by atoms with E-state index in [2.05, 4.69) is 20.8 Å². The highest BCUT2D eigenvalue weighted by atomic mass is 19.4. The number of aromatic nitrogens is 1. The Kier molecular flexibility index (Phi) is 5.43. The minimum absolute atomic E-state index is 0.0208. The van der Waals surface area contributed by atoms with Gasteiger partial charge in [-0.3, -0.25) is 0 Å². The lowest BCUT2D eigenvalue weighted by molar-refractivity contribution is -0.137. The average Bonchev–Trinajstić information content (AvgIpc) is 3.15. The van der Waals surface area contributed by atoms with Crippen LogP contribution in [0.3, 0.4) is 0 Å². The van der Waals surface area contributed by atoms with Crippen molar-refractivity contribution in [2.24, 2.45) is 11.3 Å². The number of carboxylic acid groups (broad SMARTS) is 1. The third-order valence-electron chi connectivity index (χ3n) is 6.26. The predicted molar refractivity (Wildman–Crippen MR) is 114 cm³/mol. The molecule has 0 saturated carbocycles. The summed E-state index contributed by atoms with van der Waals surface area (Å²) in [6.07, 6.45) is -4.67. The summed E-state index contributed by atoms with van der Waals surface area (Å²) in [7, 11) is 0. The number of amides is 1. The van der Waals surface area contributed by atoms with E-state index in [1.165, 1.54) is 17.0 Å². The molecule has 0 spiro atoms. The molecule has 3 aromatic rings. The van der Waals surface area contributed by atoms with Crippen LogP contribution in [0.25, 0.3) is 22.2 Å². The van der Waals surface area contributed by atoms with Crippen LogP contribution in [0.5, 0.6) is 0 Å². The van der Waals surface area contributed by atoms with E-state index in [9.17, 15) is 23.1 Å². The molecule has 0 aliphatic carbocycles. The van der Waals surface area contributed by atoms with Crippen LogP contribution in [0, 0.1) is 11.3 Å². The zero-order valence-electron chi connectivity index (χ0n) is 18.1. The number of benzene rings is 2. The Morgan fingerprint density at radius 3 is 2.34 bits per heavy atom. The Morgan fingerprint density at radius 2 is 1.75 bits per heavy atom. The van der Waals surface area contributed by atoms with E-state index in [4.69, 9.17) is 9.40 Å². The second-order valence-electron chi connectivity index (χ2n) is 9.41. The SMILES string of the molecule is CC(C)(C)C1CN(C(=O)O)CCC1c1nc2cc(-c3ccc(C(F)(F)F)cc3)ccc2o1. The molecule has 32 heavy (non-hydrogen) atoms. The van der Waals surface area contributed by atoms with Gasteiger partial charge in [0, 0.05) is 19.0 Å². The largest absolute Gasteiger partial charge is 0.465 e. The molecular weight excluding hydrogens is 421 g/mol. The van der Waals surface area contributed by atoms with E-state index in [1.54, 1.807) is 12.1 Å².